The molecule has 0 unspecified atom stereocenters. The van der Waals surface area contributed by atoms with Crippen LogP contribution in [0.1, 0.15) is 0 Å². The summed E-state index contributed by atoms with van der Waals surface area (Å²) in [7, 11) is 0. The van der Waals surface area contributed by atoms with Crippen LogP contribution in [0.2, 0.25) is 0 Å². The molecule has 0 radical (unpaired) electrons. The lowest BCUT2D eigenvalue weighted by Crippen LogP contribution is -2.36. The van der Waals surface area contributed by atoms with Gasteiger partial charge in [0.15, 0.2) is 11.5 Å². The first-order valence-corrected chi connectivity index (χ1v) is 9.38. The van der Waals surface area contributed by atoms with E-state index in [0.29, 0.717) is 23.0 Å². The second-order valence-electron chi connectivity index (χ2n) is 6.73. The molecule has 5 rings (SSSR count). The molecule has 3 aromatic heterocycles. The average molecular weight is 388 g/mol. The second-order valence-corrected chi connectivity index (χ2v) is 6.73. The number of nitrogens with zero attached hydrogens (tertiary/aromatic N) is 6. The largest absolute Gasteiger partial charge is 0.382 e. The van der Waals surface area contributed by atoms with Gasteiger partial charge in [-0.25, -0.2) is 15.0 Å². The molecule has 1 aromatic carbocycles. The molecule has 1 aliphatic heterocycles. The molecule has 0 amide bonds. The highest BCUT2D eigenvalue weighted by Crippen LogP contribution is 2.25. The van der Waals surface area contributed by atoms with Crippen molar-refractivity contribution in [1.82, 2.24) is 24.3 Å². The van der Waals surface area contributed by atoms with E-state index in [0.717, 1.165) is 37.6 Å². The quantitative estimate of drug-likeness (QED) is 0.549. The molecule has 0 atom stereocenters. The summed E-state index contributed by atoms with van der Waals surface area (Å²) in [5, 5.41) is 3.37. The standard InChI is InChI=1S/C20H20N8O/c21-18-12-22-11-16(25-18)17-13-28-6-5-23-20(28)19(26-17)24-14-1-3-15(4-2-14)27-7-9-29-10-8-27/h1-6,11-13H,7-10H2,(H2,21,25)(H,24,26). The first-order valence-electron chi connectivity index (χ1n) is 9.38. The zero-order valence-electron chi connectivity index (χ0n) is 15.7. The minimum atomic E-state index is 0.350. The molecule has 9 nitrogen and oxygen atoms in total. The van der Waals surface area contributed by atoms with E-state index in [1.54, 1.807) is 12.4 Å². The van der Waals surface area contributed by atoms with Gasteiger partial charge < -0.3 is 25.1 Å². The fourth-order valence-corrected chi connectivity index (χ4v) is 3.36. The Balaban J connectivity index is 1.46. The van der Waals surface area contributed by atoms with Gasteiger partial charge in [-0.15, -0.1) is 0 Å². The van der Waals surface area contributed by atoms with Crippen molar-refractivity contribution in [3.63, 3.8) is 0 Å². The lowest BCUT2D eigenvalue weighted by Gasteiger charge is -2.28. The number of nitrogen functional groups attached to an aromatic ring is 1. The van der Waals surface area contributed by atoms with Crippen LogP contribution in [-0.2, 0) is 4.74 Å². The normalized spacial score (nSPS) is 14.3. The molecule has 29 heavy (non-hydrogen) atoms. The zero-order valence-corrected chi connectivity index (χ0v) is 15.7. The van der Waals surface area contributed by atoms with Crippen LogP contribution in [0.5, 0.6) is 0 Å². The lowest BCUT2D eigenvalue weighted by atomic mass is 10.2. The predicted octanol–water partition coefficient (Wildman–Crippen LogP) is 2.35. The molecule has 3 N–H and O–H groups in total. The number of hydrogen-bond acceptors (Lipinski definition) is 8. The van der Waals surface area contributed by atoms with Gasteiger partial charge in [0.1, 0.15) is 17.2 Å². The Morgan fingerprint density at radius 2 is 1.83 bits per heavy atom. The van der Waals surface area contributed by atoms with Gasteiger partial charge >= 0.3 is 0 Å². The Morgan fingerprint density at radius 1 is 1.00 bits per heavy atom. The highest BCUT2D eigenvalue weighted by atomic mass is 16.5. The molecule has 0 saturated carbocycles. The highest BCUT2D eigenvalue weighted by molar-refractivity contribution is 5.73. The van der Waals surface area contributed by atoms with E-state index >= 15 is 0 Å². The third-order valence-electron chi connectivity index (χ3n) is 4.80. The Bertz CT molecular complexity index is 1130. The number of benzene rings is 1. The van der Waals surface area contributed by atoms with Crippen LogP contribution in [0.25, 0.3) is 17.0 Å². The second kappa shape index (κ2) is 7.36. The van der Waals surface area contributed by atoms with E-state index < -0.39 is 0 Å². The molecule has 1 fully saturated rings. The van der Waals surface area contributed by atoms with Gasteiger partial charge in [0.25, 0.3) is 0 Å². The highest BCUT2D eigenvalue weighted by Gasteiger charge is 2.13. The van der Waals surface area contributed by atoms with Crippen LogP contribution in [0.4, 0.5) is 23.0 Å². The molecule has 0 spiro atoms. The summed E-state index contributed by atoms with van der Waals surface area (Å²) in [6, 6.07) is 8.28. The van der Waals surface area contributed by atoms with Gasteiger partial charge in [-0.1, -0.05) is 0 Å². The first-order chi connectivity index (χ1) is 14.3. The molecule has 0 aliphatic carbocycles. The summed E-state index contributed by atoms with van der Waals surface area (Å²) < 4.78 is 7.32. The number of fused-ring (bicyclic) bond motifs is 1. The van der Waals surface area contributed by atoms with Crippen molar-refractivity contribution in [3.8, 4) is 11.4 Å². The molecule has 1 saturated heterocycles. The monoisotopic (exact) mass is 388 g/mol. The molecular weight excluding hydrogens is 368 g/mol. The van der Waals surface area contributed by atoms with Gasteiger partial charge in [-0.05, 0) is 24.3 Å². The van der Waals surface area contributed by atoms with Crippen LogP contribution in [-0.4, -0.2) is 50.6 Å². The molecule has 146 valence electrons. The Morgan fingerprint density at radius 3 is 2.62 bits per heavy atom. The maximum atomic E-state index is 5.78. The third-order valence-corrected chi connectivity index (χ3v) is 4.80. The number of morpholine rings is 1. The lowest BCUT2D eigenvalue weighted by molar-refractivity contribution is 0.122. The maximum absolute atomic E-state index is 5.78. The number of ether oxygens (including phenoxy) is 1. The molecule has 4 aromatic rings. The van der Waals surface area contributed by atoms with E-state index in [-0.39, 0.29) is 0 Å². The number of imidazole rings is 1. The van der Waals surface area contributed by atoms with E-state index in [4.69, 9.17) is 15.5 Å². The van der Waals surface area contributed by atoms with E-state index in [9.17, 15) is 0 Å². The maximum Gasteiger partial charge on any atom is 0.180 e. The van der Waals surface area contributed by atoms with Gasteiger partial charge in [-0.2, -0.15) is 0 Å². The Kier molecular flexibility index (Phi) is 4.41. The van der Waals surface area contributed by atoms with Crippen LogP contribution < -0.4 is 16.0 Å². The minimum Gasteiger partial charge on any atom is -0.382 e. The molecule has 9 heteroatoms. The molecule has 4 heterocycles. The Hall–Kier alpha value is -3.72. The summed E-state index contributed by atoms with van der Waals surface area (Å²) in [4.78, 5) is 19.9. The van der Waals surface area contributed by atoms with E-state index in [1.807, 2.05) is 28.9 Å². The smallest absolute Gasteiger partial charge is 0.180 e. The summed E-state index contributed by atoms with van der Waals surface area (Å²) in [6.07, 6.45) is 8.61. The van der Waals surface area contributed by atoms with Crippen molar-refractivity contribution in [2.24, 2.45) is 0 Å². The van der Waals surface area contributed by atoms with Crippen LogP contribution in [0, 0.1) is 0 Å². The van der Waals surface area contributed by atoms with E-state index in [2.05, 4.69) is 37.3 Å². The van der Waals surface area contributed by atoms with Gasteiger partial charge in [-0.3, -0.25) is 4.98 Å². The predicted molar refractivity (Wildman–Crippen MR) is 111 cm³/mol. The summed E-state index contributed by atoms with van der Waals surface area (Å²) in [5.41, 5.74) is 9.87. The van der Waals surface area contributed by atoms with Crippen LogP contribution >= 0.6 is 0 Å². The summed E-state index contributed by atoms with van der Waals surface area (Å²) in [6.45, 7) is 3.35. The number of aromatic nitrogens is 5. The SMILES string of the molecule is Nc1cncc(-c2cn3ccnc3c(Nc3ccc(N4CCOCC4)cc3)n2)n1. The molecule has 0 bridgehead atoms. The topological polar surface area (TPSA) is 106 Å². The molecule has 1 aliphatic rings. The van der Waals surface area contributed by atoms with Crippen molar-refractivity contribution < 1.29 is 4.74 Å². The van der Waals surface area contributed by atoms with Crippen molar-refractivity contribution >= 4 is 28.7 Å². The zero-order chi connectivity index (χ0) is 19.6. The number of nitrogens with two attached hydrogens (primary N) is 1. The Labute approximate surface area is 167 Å². The van der Waals surface area contributed by atoms with Crippen LogP contribution in [0.3, 0.4) is 0 Å². The number of anilines is 4. The summed E-state index contributed by atoms with van der Waals surface area (Å²) in [5.74, 6) is 0.985. The number of hydrogen-bond donors (Lipinski definition) is 2. The van der Waals surface area contributed by atoms with Crippen molar-refractivity contribution in [1.29, 1.82) is 0 Å². The number of rotatable bonds is 4. The number of nitrogens with one attached hydrogen (secondary N) is 1. The fraction of sp³-hybridized carbons (Fsp3) is 0.200. The van der Waals surface area contributed by atoms with Crippen molar-refractivity contribution in [3.05, 3.63) is 55.2 Å². The van der Waals surface area contributed by atoms with Crippen LogP contribution in [0.15, 0.2) is 55.2 Å². The fourth-order valence-electron chi connectivity index (χ4n) is 3.36. The molecular formula is C20H20N8O. The van der Waals surface area contributed by atoms with Crippen molar-refractivity contribution in [2.45, 2.75) is 0 Å². The summed E-state index contributed by atoms with van der Waals surface area (Å²) >= 11 is 0. The van der Waals surface area contributed by atoms with Gasteiger partial charge in [0.2, 0.25) is 0 Å². The minimum absolute atomic E-state index is 0.350. The van der Waals surface area contributed by atoms with Crippen molar-refractivity contribution in [2.75, 3.05) is 42.3 Å². The average Bonchev–Trinajstić information content (AvgIpc) is 3.24. The van der Waals surface area contributed by atoms with E-state index in [1.165, 1.54) is 11.9 Å². The first kappa shape index (κ1) is 17.4. The third kappa shape index (κ3) is 3.55. The van der Waals surface area contributed by atoms with Gasteiger partial charge in [0, 0.05) is 43.1 Å². The van der Waals surface area contributed by atoms with Gasteiger partial charge in [0.05, 0.1) is 25.6 Å².